The second-order valence-corrected chi connectivity index (χ2v) is 7.72. The second kappa shape index (κ2) is 12.8. The molecular weight excluding hydrogens is 480 g/mol. The zero-order chi connectivity index (χ0) is 22.6. The topological polar surface area (TPSA) is 145 Å². The molecule has 0 radical (unpaired) electrons. The van der Waals surface area contributed by atoms with Crippen molar-refractivity contribution in [1.82, 2.24) is 20.6 Å². The van der Waals surface area contributed by atoms with Crippen molar-refractivity contribution in [2.45, 2.75) is 12.5 Å². The van der Waals surface area contributed by atoms with Crippen molar-refractivity contribution in [3.05, 3.63) is 34.9 Å². The number of amides is 2. The highest BCUT2D eigenvalue weighted by Gasteiger charge is 2.11. The molecule has 2 heterocycles. The lowest BCUT2D eigenvalue weighted by molar-refractivity contribution is 0.0950. The molecule has 2 amide bonds. The van der Waals surface area contributed by atoms with Gasteiger partial charge in [-0.15, -0.1) is 0 Å². The highest BCUT2D eigenvalue weighted by molar-refractivity contribution is 9.10. The van der Waals surface area contributed by atoms with Crippen LogP contribution in [-0.4, -0.2) is 72.9 Å². The minimum Gasteiger partial charge on any atom is -0.394 e. The molecule has 0 aliphatic carbocycles. The number of ether oxygens (including phenoxy) is 1. The van der Waals surface area contributed by atoms with Gasteiger partial charge < -0.3 is 36.4 Å². The molecule has 1 aromatic heterocycles. The van der Waals surface area contributed by atoms with Gasteiger partial charge in [0.25, 0.3) is 0 Å². The number of nitrogens with one attached hydrogen (secondary N) is 5. The SMILES string of the molecule is O=C(NCCOCCO)Nc1ccc(Nc2ncc(Br)c(NCCC3CNC=N3)n2)cc1. The third-order valence-corrected chi connectivity index (χ3v) is 4.99. The van der Waals surface area contributed by atoms with E-state index in [2.05, 4.69) is 57.5 Å². The first-order chi connectivity index (χ1) is 15.6. The molecule has 3 rings (SSSR count). The van der Waals surface area contributed by atoms with E-state index >= 15 is 0 Å². The molecule has 1 aliphatic heterocycles. The zero-order valence-electron chi connectivity index (χ0n) is 17.5. The van der Waals surface area contributed by atoms with Gasteiger partial charge in [0.15, 0.2) is 0 Å². The molecule has 1 aliphatic rings. The molecule has 11 nitrogen and oxygen atoms in total. The van der Waals surface area contributed by atoms with E-state index in [1.807, 2.05) is 12.1 Å². The summed E-state index contributed by atoms with van der Waals surface area (Å²) in [5, 5.41) is 23.6. The molecule has 0 saturated carbocycles. The van der Waals surface area contributed by atoms with Crippen LogP contribution >= 0.6 is 15.9 Å². The fraction of sp³-hybridized carbons (Fsp3) is 0.400. The molecule has 0 fully saturated rings. The fourth-order valence-electron chi connectivity index (χ4n) is 2.83. The van der Waals surface area contributed by atoms with Gasteiger partial charge in [-0.3, -0.25) is 4.99 Å². The van der Waals surface area contributed by atoms with Crippen LogP contribution in [0.1, 0.15) is 6.42 Å². The summed E-state index contributed by atoms with van der Waals surface area (Å²) in [5.74, 6) is 1.16. The number of nitrogens with zero attached hydrogens (tertiary/aromatic N) is 3. The second-order valence-electron chi connectivity index (χ2n) is 6.87. The first kappa shape index (κ1) is 23.7. The van der Waals surface area contributed by atoms with Crippen LogP contribution in [0.3, 0.4) is 0 Å². The summed E-state index contributed by atoms with van der Waals surface area (Å²) in [6, 6.07) is 7.16. The number of aromatic nitrogens is 2. The predicted molar refractivity (Wildman–Crippen MR) is 128 cm³/mol. The van der Waals surface area contributed by atoms with Gasteiger partial charge in [-0.1, -0.05) is 0 Å². The average molecular weight is 507 g/mol. The number of aliphatic imine (C=N–C) groups is 1. The Morgan fingerprint density at radius 3 is 2.78 bits per heavy atom. The van der Waals surface area contributed by atoms with Crippen molar-refractivity contribution in [3.8, 4) is 0 Å². The summed E-state index contributed by atoms with van der Waals surface area (Å²) < 4.78 is 5.87. The number of halogens is 1. The highest BCUT2D eigenvalue weighted by atomic mass is 79.9. The van der Waals surface area contributed by atoms with Gasteiger partial charge >= 0.3 is 6.03 Å². The van der Waals surface area contributed by atoms with Gasteiger partial charge in [0.1, 0.15) is 5.82 Å². The number of aliphatic hydroxyl groups excluding tert-OH is 1. The molecule has 0 bridgehead atoms. The Hall–Kier alpha value is -2.96. The molecule has 0 saturated heterocycles. The van der Waals surface area contributed by atoms with Crippen LogP contribution in [0.5, 0.6) is 0 Å². The standard InChI is InChI=1S/C20H27BrN8O3/c21-17-12-25-19(29-18(17)23-6-5-16-11-22-13-26-16)27-14-1-3-15(4-2-14)28-20(31)24-7-9-32-10-8-30/h1-4,12-13,16,30H,5-11H2,(H,22,26)(H2,24,28,31)(H2,23,25,27,29). The van der Waals surface area contributed by atoms with E-state index in [-0.39, 0.29) is 25.3 Å². The van der Waals surface area contributed by atoms with Crippen LogP contribution < -0.4 is 26.6 Å². The summed E-state index contributed by atoms with van der Waals surface area (Å²) in [5.41, 5.74) is 1.43. The maximum atomic E-state index is 11.9. The van der Waals surface area contributed by atoms with Crippen LogP contribution in [0.15, 0.2) is 39.9 Å². The van der Waals surface area contributed by atoms with E-state index in [0.29, 0.717) is 30.6 Å². The molecule has 1 unspecified atom stereocenters. The summed E-state index contributed by atoms with van der Waals surface area (Å²) in [6.07, 6.45) is 4.34. The Kier molecular flexibility index (Phi) is 9.47. The Bertz CT molecular complexity index is 897. The Balaban J connectivity index is 1.46. The lowest BCUT2D eigenvalue weighted by Gasteiger charge is -2.12. The lowest BCUT2D eigenvalue weighted by atomic mass is 10.2. The number of rotatable bonds is 12. The van der Waals surface area contributed by atoms with Gasteiger partial charge in [0.05, 0.1) is 36.7 Å². The van der Waals surface area contributed by atoms with E-state index < -0.39 is 0 Å². The summed E-state index contributed by atoms with van der Waals surface area (Å²) in [6.45, 7) is 2.52. The molecule has 1 atom stereocenters. The number of benzene rings is 1. The molecule has 172 valence electrons. The third kappa shape index (κ3) is 7.94. The van der Waals surface area contributed by atoms with Gasteiger partial charge in [0.2, 0.25) is 5.95 Å². The Labute approximate surface area is 194 Å². The number of anilines is 4. The molecule has 0 spiro atoms. The molecule has 6 N–H and O–H groups in total. The monoisotopic (exact) mass is 506 g/mol. The van der Waals surface area contributed by atoms with E-state index in [1.165, 1.54) is 0 Å². The van der Waals surface area contributed by atoms with Crippen LogP contribution in [0.2, 0.25) is 0 Å². The van der Waals surface area contributed by atoms with Gasteiger partial charge in [0, 0.05) is 37.2 Å². The smallest absolute Gasteiger partial charge is 0.319 e. The van der Waals surface area contributed by atoms with Crippen LogP contribution in [0.4, 0.5) is 27.9 Å². The molecule has 32 heavy (non-hydrogen) atoms. The van der Waals surface area contributed by atoms with Gasteiger partial charge in [-0.25, -0.2) is 9.78 Å². The maximum Gasteiger partial charge on any atom is 0.319 e. The number of aliphatic hydroxyl groups is 1. The molecule has 12 heteroatoms. The van der Waals surface area contributed by atoms with Crippen LogP contribution in [-0.2, 0) is 4.74 Å². The first-order valence-corrected chi connectivity index (χ1v) is 11.1. The highest BCUT2D eigenvalue weighted by Crippen LogP contribution is 2.23. The van der Waals surface area contributed by atoms with Crippen molar-refractivity contribution in [2.24, 2.45) is 4.99 Å². The molecular formula is C20H27BrN8O3. The molecule has 2 aromatic rings. The zero-order valence-corrected chi connectivity index (χ0v) is 19.1. The third-order valence-electron chi connectivity index (χ3n) is 4.41. The number of hydrogen-bond acceptors (Lipinski definition) is 9. The fourth-order valence-corrected chi connectivity index (χ4v) is 3.16. The predicted octanol–water partition coefficient (Wildman–Crippen LogP) is 1.92. The largest absolute Gasteiger partial charge is 0.394 e. The number of hydrogen-bond donors (Lipinski definition) is 6. The number of carbonyl (C=O) groups excluding carboxylic acids is 1. The molecule has 1 aromatic carbocycles. The first-order valence-electron chi connectivity index (χ1n) is 10.3. The lowest BCUT2D eigenvalue weighted by Crippen LogP contribution is -2.31. The average Bonchev–Trinajstić information content (AvgIpc) is 3.31. The Morgan fingerprint density at radius 1 is 1.22 bits per heavy atom. The van der Waals surface area contributed by atoms with Crippen molar-refractivity contribution in [1.29, 1.82) is 0 Å². The minimum absolute atomic E-state index is 0.0381. The van der Waals surface area contributed by atoms with E-state index in [9.17, 15) is 4.79 Å². The van der Waals surface area contributed by atoms with Crippen LogP contribution in [0.25, 0.3) is 0 Å². The normalized spacial score (nSPS) is 14.6. The van der Waals surface area contributed by atoms with Crippen molar-refractivity contribution in [2.75, 3.05) is 55.4 Å². The van der Waals surface area contributed by atoms with E-state index in [0.717, 1.165) is 29.7 Å². The summed E-state index contributed by atoms with van der Waals surface area (Å²) in [4.78, 5) is 25.0. The van der Waals surface area contributed by atoms with Gasteiger partial charge in [-0.05, 0) is 46.6 Å². The summed E-state index contributed by atoms with van der Waals surface area (Å²) >= 11 is 3.47. The Morgan fingerprint density at radius 2 is 2.03 bits per heavy atom. The maximum absolute atomic E-state index is 11.9. The van der Waals surface area contributed by atoms with E-state index in [4.69, 9.17) is 9.84 Å². The minimum atomic E-state index is -0.329. The van der Waals surface area contributed by atoms with Crippen LogP contribution in [0, 0.1) is 0 Å². The van der Waals surface area contributed by atoms with Crippen molar-refractivity contribution in [3.63, 3.8) is 0 Å². The van der Waals surface area contributed by atoms with Crippen molar-refractivity contribution >= 4 is 51.4 Å². The van der Waals surface area contributed by atoms with Crippen molar-refractivity contribution < 1.29 is 14.6 Å². The van der Waals surface area contributed by atoms with E-state index in [1.54, 1.807) is 24.7 Å². The summed E-state index contributed by atoms with van der Waals surface area (Å²) in [7, 11) is 0. The number of urea groups is 1. The quantitative estimate of drug-likeness (QED) is 0.239. The van der Waals surface area contributed by atoms with Gasteiger partial charge in [-0.2, -0.15) is 4.98 Å². The number of carbonyl (C=O) groups is 1.